The third-order valence-electron chi connectivity index (χ3n) is 4.48. The number of hydrogen-bond acceptors (Lipinski definition) is 5. The molecular weight excluding hydrogens is 352 g/mol. The number of amides is 1. The number of nitrogens with one attached hydrogen (secondary N) is 1. The number of hydrogen-bond donors (Lipinski definition) is 1. The number of halogens is 1. The normalized spacial score (nSPS) is 14.5. The summed E-state index contributed by atoms with van der Waals surface area (Å²) in [4.78, 5) is 19.0. The van der Waals surface area contributed by atoms with Crippen molar-refractivity contribution in [2.45, 2.75) is 51.9 Å². The number of carbonyl (C=O) groups excluding carboxylic acids is 1. The summed E-state index contributed by atoms with van der Waals surface area (Å²) in [7, 11) is 0. The Morgan fingerprint density at radius 2 is 2.08 bits per heavy atom. The molecule has 0 unspecified atom stereocenters. The van der Waals surface area contributed by atoms with E-state index < -0.39 is 0 Å². The van der Waals surface area contributed by atoms with E-state index in [1.807, 2.05) is 18.2 Å². The average molecular weight is 377 g/mol. The van der Waals surface area contributed by atoms with Crippen molar-refractivity contribution in [2.75, 3.05) is 23.3 Å². The fraction of sp³-hybridized carbons (Fsp3) is 0.526. The number of benzene rings is 1. The minimum Gasteiger partial charge on any atom is -0.370 e. The van der Waals surface area contributed by atoms with Gasteiger partial charge in [0.1, 0.15) is 0 Å². The molecule has 7 heteroatoms. The molecule has 1 amide bonds. The van der Waals surface area contributed by atoms with E-state index in [9.17, 15) is 4.79 Å². The van der Waals surface area contributed by atoms with Gasteiger partial charge in [0, 0.05) is 37.4 Å². The van der Waals surface area contributed by atoms with Gasteiger partial charge in [-0.1, -0.05) is 23.7 Å². The summed E-state index contributed by atoms with van der Waals surface area (Å²) in [6.45, 7) is 4.08. The number of piperidine rings is 1. The highest BCUT2D eigenvalue weighted by molar-refractivity contribution is 6.31. The second-order valence-corrected chi connectivity index (χ2v) is 7.05. The standard InChI is InChI=1S/C19H25ClN4O2/c1-2-6-17-22-19(26-23-17)10-9-18(25)21-15-13-14(20)7-8-16(15)24-11-4-3-5-12-24/h7-8,13H,2-6,9-12H2,1H3,(H,21,25). The molecule has 1 fully saturated rings. The highest BCUT2D eigenvalue weighted by atomic mass is 35.5. The maximum Gasteiger partial charge on any atom is 0.227 e. The number of aromatic nitrogens is 2. The summed E-state index contributed by atoms with van der Waals surface area (Å²) < 4.78 is 5.19. The molecule has 0 radical (unpaired) electrons. The van der Waals surface area contributed by atoms with Crippen LogP contribution in [0.3, 0.4) is 0 Å². The predicted molar refractivity (Wildman–Crippen MR) is 103 cm³/mol. The van der Waals surface area contributed by atoms with E-state index in [0.717, 1.165) is 37.3 Å². The molecule has 0 aliphatic carbocycles. The van der Waals surface area contributed by atoms with Gasteiger partial charge in [-0.15, -0.1) is 0 Å². The largest absolute Gasteiger partial charge is 0.370 e. The van der Waals surface area contributed by atoms with Crippen molar-refractivity contribution in [3.8, 4) is 0 Å². The van der Waals surface area contributed by atoms with E-state index in [4.69, 9.17) is 16.1 Å². The SMILES string of the molecule is CCCc1noc(CCC(=O)Nc2cc(Cl)ccc2N2CCCCC2)n1. The van der Waals surface area contributed by atoms with E-state index >= 15 is 0 Å². The zero-order chi connectivity index (χ0) is 18.4. The van der Waals surface area contributed by atoms with Crippen LogP contribution in [0.4, 0.5) is 11.4 Å². The minimum absolute atomic E-state index is 0.0826. The summed E-state index contributed by atoms with van der Waals surface area (Å²) in [5, 5.41) is 7.52. The molecule has 2 heterocycles. The van der Waals surface area contributed by atoms with E-state index in [2.05, 4.69) is 27.3 Å². The molecule has 1 N–H and O–H groups in total. The van der Waals surface area contributed by atoms with Crippen LogP contribution >= 0.6 is 11.6 Å². The van der Waals surface area contributed by atoms with Crippen molar-refractivity contribution in [1.82, 2.24) is 10.1 Å². The number of carbonyl (C=O) groups is 1. The van der Waals surface area contributed by atoms with Gasteiger partial charge in [-0.2, -0.15) is 4.98 Å². The van der Waals surface area contributed by atoms with Crippen LogP contribution < -0.4 is 10.2 Å². The van der Waals surface area contributed by atoms with E-state index in [0.29, 0.717) is 29.6 Å². The van der Waals surface area contributed by atoms with Gasteiger partial charge < -0.3 is 14.7 Å². The van der Waals surface area contributed by atoms with Crippen molar-refractivity contribution >= 4 is 28.9 Å². The number of aryl methyl sites for hydroxylation is 2. The maximum atomic E-state index is 12.4. The van der Waals surface area contributed by atoms with Gasteiger partial charge in [0.2, 0.25) is 11.8 Å². The fourth-order valence-electron chi connectivity index (χ4n) is 3.17. The first-order valence-electron chi connectivity index (χ1n) is 9.31. The Balaban J connectivity index is 1.61. The molecule has 6 nitrogen and oxygen atoms in total. The molecule has 140 valence electrons. The molecule has 1 aliphatic rings. The van der Waals surface area contributed by atoms with E-state index in [1.165, 1.54) is 19.3 Å². The van der Waals surface area contributed by atoms with Gasteiger partial charge in [-0.05, 0) is 43.9 Å². The summed E-state index contributed by atoms with van der Waals surface area (Å²) in [5.74, 6) is 1.12. The average Bonchev–Trinajstić information content (AvgIpc) is 3.09. The zero-order valence-electron chi connectivity index (χ0n) is 15.1. The Hall–Kier alpha value is -2.08. The first kappa shape index (κ1) is 18.7. The second-order valence-electron chi connectivity index (χ2n) is 6.61. The van der Waals surface area contributed by atoms with Crippen LogP contribution in [0.1, 0.15) is 50.7 Å². The lowest BCUT2D eigenvalue weighted by Gasteiger charge is -2.30. The van der Waals surface area contributed by atoms with Crippen LogP contribution in [-0.4, -0.2) is 29.1 Å². The highest BCUT2D eigenvalue weighted by Crippen LogP contribution is 2.31. The second kappa shape index (κ2) is 9.03. The van der Waals surface area contributed by atoms with Gasteiger partial charge in [-0.25, -0.2) is 0 Å². The molecule has 2 aromatic rings. The minimum atomic E-state index is -0.0826. The van der Waals surface area contributed by atoms with Crippen LogP contribution in [0.2, 0.25) is 5.02 Å². The Bertz CT molecular complexity index is 741. The molecule has 0 spiro atoms. The molecule has 1 aromatic heterocycles. The van der Waals surface area contributed by atoms with Crippen LogP contribution in [-0.2, 0) is 17.6 Å². The monoisotopic (exact) mass is 376 g/mol. The van der Waals surface area contributed by atoms with Gasteiger partial charge in [0.15, 0.2) is 5.82 Å². The first-order chi connectivity index (χ1) is 12.7. The Morgan fingerprint density at radius 1 is 1.27 bits per heavy atom. The lowest BCUT2D eigenvalue weighted by molar-refractivity contribution is -0.116. The van der Waals surface area contributed by atoms with Crippen LogP contribution in [0.15, 0.2) is 22.7 Å². The van der Waals surface area contributed by atoms with Gasteiger partial charge in [-0.3, -0.25) is 4.79 Å². The van der Waals surface area contributed by atoms with E-state index in [-0.39, 0.29) is 5.91 Å². The topological polar surface area (TPSA) is 71.3 Å². The van der Waals surface area contributed by atoms with Crippen molar-refractivity contribution in [3.63, 3.8) is 0 Å². The molecule has 1 aliphatic heterocycles. The molecule has 1 aromatic carbocycles. The molecule has 0 atom stereocenters. The third-order valence-corrected chi connectivity index (χ3v) is 4.71. The highest BCUT2D eigenvalue weighted by Gasteiger charge is 2.17. The molecule has 0 bridgehead atoms. The maximum absolute atomic E-state index is 12.4. The fourth-order valence-corrected chi connectivity index (χ4v) is 3.34. The smallest absolute Gasteiger partial charge is 0.227 e. The summed E-state index contributed by atoms with van der Waals surface area (Å²) in [6.07, 6.45) is 6.09. The zero-order valence-corrected chi connectivity index (χ0v) is 15.9. The summed E-state index contributed by atoms with van der Waals surface area (Å²) >= 11 is 6.14. The van der Waals surface area contributed by atoms with Crippen molar-refractivity contribution in [3.05, 3.63) is 34.9 Å². The Kier molecular flexibility index (Phi) is 6.50. The molecule has 0 saturated carbocycles. The van der Waals surface area contributed by atoms with Gasteiger partial charge >= 0.3 is 0 Å². The van der Waals surface area contributed by atoms with Crippen LogP contribution in [0, 0.1) is 0 Å². The molecular formula is C19H25ClN4O2. The van der Waals surface area contributed by atoms with Crippen molar-refractivity contribution in [1.29, 1.82) is 0 Å². The lowest BCUT2D eigenvalue weighted by atomic mass is 10.1. The Labute approximate surface area is 158 Å². The van der Waals surface area contributed by atoms with Gasteiger partial charge in [0.25, 0.3) is 0 Å². The quantitative estimate of drug-likeness (QED) is 0.782. The lowest BCUT2D eigenvalue weighted by Crippen LogP contribution is -2.30. The molecule has 3 rings (SSSR count). The summed E-state index contributed by atoms with van der Waals surface area (Å²) in [5.41, 5.74) is 1.80. The number of nitrogens with zero attached hydrogens (tertiary/aromatic N) is 3. The van der Waals surface area contributed by atoms with Crippen LogP contribution in [0.5, 0.6) is 0 Å². The summed E-state index contributed by atoms with van der Waals surface area (Å²) in [6, 6.07) is 5.67. The van der Waals surface area contributed by atoms with E-state index in [1.54, 1.807) is 0 Å². The molecule has 1 saturated heterocycles. The van der Waals surface area contributed by atoms with Gasteiger partial charge in [0.05, 0.1) is 11.4 Å². The van der Waals surface area contributed by atoms with Crippen LogP contribution in [0.25, 0.3) is 0 Å². The third kappa shape index (κ3) is 4.97. The number of rotatable bonds is 7. The first-order valence-corrected chi connectivity index (χ1v) is 9.69. The van der Waals surface area contributed by atoms with Crippen molar-refractivity contribution in [2.24, 2.45) is 0 Å². The Morgan fingerprint density at radius 3 is 2.85 bits per heavy atom. The van der Waals surface area contributed by atoms with Crippen molar-refractivity contribution < 1.29 is 9.32 Å². The predicted octanol–water partition coefficient (Wildman–Crippen LogP) is 4.24. The molecule has 26 heavy (non-hydrogen) atoms. The number of anilines is 2.